The number of hydrogen-bond donors (Lipinski definition) is 2. The standard InChI is InChI=1S/C13H12N2O3/c1-7-3-5-9(16)11(14-7)13(18)12-10(17)6-4-8(2)15-12/h3-6,16-17H,1-2H3. The first kappa shape index (κ1) is 12.0. The van der Waals surface area contributed by atoms with Crippen LogP contribution in [0.15, 0.2) is 24.3 Å². The van der Waals surface area contributed by atoms with Crippen LogP contribution in [-0.4, -0.2) is 26.0 Å². The molecule has 5 heteroatoms. The molecule has 18 heavy (non-hydrogen) atoms. The number of carbonyl (C=O) groups excluding carboxylic acids is 1. The van der Waals surface area contributed by atoms with Crippen LogP contribution in [0.4, 0.5) is 0 Å². The first-order chi connectivity index (χ1) is 8.49. The fraction of sp³-hybridized carbons (Fsp3) is 0.154. The fourth-order valence-electron chi connectivity index (χ4n) is 1.55. The third-order valence-electron chi connectivity index (χ3n) is 2.46. The van der Waals surface area contributed by atoms with E-state index in [9.17, 15) is 15.0 Å². The van der Waals surface area contributed by atoms with Gasteiger partial charge in [0.05, 0.1) is 0 Å². The Morgan fingerprint density at radius 3 is 1.67 bits per heavy atom. The predicted molar refractivity (Wildman–Crippen MR) is 64.7 cm³/mol. The van der Waals surface area contributed by atoms with Gasteiger partial charge < -0.3 is 10.2 Å². The van der Waals surface area contributed by atoms with Gasteiger partial charge in [-0.25, -0.2) is 9.97 Å². The summed E-state index contributed by atoms with van der Waals surface area (Å²) >= 11 is 0. The van der Waals surface area contributed by atoms with Crippen molar-refractivity contribution in [3.05, 3.63) is 47.0 Å². The Hall–Kier alpha value is -2.43. The molecule has 92 valence electrons. The van der Waals surface area contributed by atoms with Crippen LogP contribution in [0.5, 0.6) is 11.5 Å². The van der Waals surface area contributed by atoms with Crippen molar-refractivity contribution in [1.82, 2.24) is 9.97 Å². The molecule has 2 rings (SSSR count). The highest BCUT2D eigenvalue weighted by molar-refractivity contribution is 6.09. The van der Waals surface area contributed by atoms with Gasteiger partial charge in [0, 0.05) is 11.4 Å². The summed E-state index contributed by atoms with van der Waals surface area (Å²) in [6.07, 6.45) is 0. The molecule has 0 unspecified atom stereocenters. The quantitative estimate of drug-likeness (QED) is 0.786. The van der Waals surface area contributed by atoms with Crippen LogP contribution in [0.25, 0.3) is 0 Å². The summed E-state index contributed by atoms with van der Waals surface area (Å²) in [5, 5.41) is 19.3. The van der Waals surface area contributed by atoms with Crippen LogP contribution in [0.3, 0.4) is 0 Å². The smallest absolute Gasteiger partial charge is 0.237 e. The zero-order chi connectivity index (χ0) is 13.3. The first-order valence-electron chi connectivity index (χ1n) is 5.37. The lowest BCUT2D eigenvalue weighted by molar-refractivity contribution is 0.102. The second-order valence-electron chi connectivity index (χ2n) is 3.97. The number of pyridine rings is 2. The third-order valence-corrected chi connectivity index (χ3v) is 2.46. The van der Waals surface area contributed by atoms with Gasteiger partial charge in [0.1, 0.15) is 11.5 Å². The summed E-state index contributed by atoms with van der Waals surface area (Å²) in [6.45, 7) is 3.42. The molecule has 0 bridgehead atoms. The Labute approximate surface area is 104 Å². The van der Waals surface area contributed by atoms with Gasteiger partial charge in [-0.1, -0.05) is 0 Å². The molecule has 2 aromatic rings. The Morgan fingerprint density at radius 1 is 0.889 bits per heavy atom. The van der Waals surface area contributed by atoms with Crippen LogP contribution in [0, 0.1) is 13.8 Å². The van der Waals surface area contributed by atoms with Crippen LogP contribution in [0.2, 0.25) is 0 Å². The maximum Gasteiger partial charge on any atom is 0.237 e. The Bertz CT molecular complexity index is 570. The molecule has 0 amide bonds. The highest BCUT2D eigenvalue weighted by atomic mass is 16.3. The normalized spacial score (nSPS) is 10.3. The van der Waals surface area contributed by atoms with E-state index in [4.69, 9.17) is 0 Å². The summed E-state index contributed by atoms with van der Waals surface area (Å²) in [5.41, 5.74) is 0.985. The van der Waals surface area contributed by atoms with E-state index >= 15 is 0 Å². The second kappa shape index (κ2) is 4.44. The van der Waals surface area contributed by atoms with E-state index in [1.165, 1.54) is 12.1 Å². The summed E-state index contributed by atoms with van der Waals surface area (Å²) in [6, 6.07) is 5.97. The third kappa shape index (κ3) is 2.15. The molecule has 0 atom stereocenters. The number of carbonyl (C=O) groups is 1. The van der Waals surface area contributed by atoms with Crippen LogP contribution < -0.4 is 0 Å². The van der Waals surface area contributed by atoms with Gasteiger partial charge >= 0.3 is 0 Å². The minimum Gasteiger partial charge on any atom is -0.506 e. The zero-order valence-electron chi connectivity index (χ0n) is 10.0. The van der Waals surface area contributed by atoms with Gasteiger partial charge in [0.15, 0.2) is 11.4 Å². The van der Waals surface area contributed by atoms with Crippen molar-refractivity contribution in [3.63, 3.8) is 0 Å². The molecular formula is C13H12N2O3. The molecule has 0 aliphatic rings. The van der Waals surface area contributed by atoms with Crippen LogP contribution in [0.1, 0.15) is 27.6 Å². The molecule has 0 radical (unpaired) electrons. The van der Waals surface area contributed by atoms with E-state index in [0.29, 0.717) is 11.4 Å². The second-order valence-corrected chi connectivity index (χ2v) is 3.97. The Morgan fingerprint density at radius 2 is 1.28 bits per heavy atom. The number of nitrogens with zero attached hydrogens (tertiary/aromatic N) is 2. The van der Waals surface area contributed by atoms with E-state index in [1.54, 1.807) is 26.0 Å². The zero-order valence-corrected chi connectivity index (χ0v) is 10.0. The summed E-state index contributed by atoms with van der Waals surface area (Å²) in [7, 11) is 0. The van der Waals surface area contributed by atoms with Crippen molar-refractivity contribution in [2.24, 2.45) is 0 Å². The first-order valence-corrected chi connectivity index (χ1v) is 5.37. The number of aromatic nitrogens is 2. The lowest BCUT2D eigenvalue weighted by Gasteiger charge is -2.06. The monoisotopic (exact) mass is 244 g/mol. The van der Waals surface area contributed by atoms with Crippen LogP contribution >= 0.6 is 0 Å². The minimum atomic E-state index is -0.600. The lowest BCUT2D eigenvalue weighted by Crippen LogP contribution is -2.08. The molecule has 5 nitrogen and oxygen atoms in total. The van der Waals surface area contributed by atoms with Gasteiger partial charge in [0.25, 0.3) is 0 Å². The van der Waals surface area contributed by atoms with Crippen molar-refractivity contribution >= 4 is 5.78 Å². The SMILES string of the molecule is Cc1ccc(O)c(C(=O)c2nc(C)ccc2O)n1. The topological polar surface area (TPSA) is 83.3 Å². The van der Waals surface area contributed by atoms with Gasteiger partial charge in [-0.05, 0) is 38.1 Å². The highest BCUT2D eigenvalue weighted by Gasteiger charge is 2.20. The molecule has 0 aromatic carbocycles. The molecule has 0 aliphatic heterocycles. The van der Waals surface area contributed by atoms with E-state index < -0.39 is 5.78 Å². The Balaban J connectivity index is 2.54. The van der Waals surface area contributed by atoms with Gasteiger partial charge in [0.2, 0.25) is 5.78 Å². The van der Waals surface area contributed by atoms with Crippen LogP contribution in [-0.2, 0) is 0 Å². The molecule has 2 aromatic heterocycles. The van der Waals surface area contributed by atoms with Crippen molar-refractivity contribution in [2.75, 3.05) is 0 Å². The van der Waals surface area contributed by atoms with Gasteiger partial charge in [-0.15, -0.1) is 0 Å². The number of rotatable bonds is 2. The average molecular weight is 244 g/mol. The molecule has 0 fully saturated rings. The van der Waals surface area contributed by atoms with Crippen molar-refractivity contribution in [2.45, 2.75) is 13.8 Å². The predicted octanol–water partition coefficient (Wildman–Crippen LogP) is 1.74. The Kier molecular flexibility index (Phi) is 2.97. The fourth-order valence-corrected chi connectivity index (χ4v) is 1.55. The maximum absolute atomic E-state index is 12.1. The average Bonchev–Trinajstić information content (AvgIpc) is 2.34. The minimum absolute atomic E-state index is 0.108. The maximum atomic E-state index is 12.1. The van der Waals surface area contributed by atoms with Gasteiger partial charge in [-0.3, -0.25) is 4.79 Å². The largest absolute Gasteiger partial charge is 0.506 e. The highest BCUT2D eigenvalue weighted by Crippen LogP contribution is 2.22. The number of hydrogen-bond acceptors (Lipinski definition) is 5. The van der Waals surface area contributed by atoms with Crippen molar-refractivity contribution < 1.29 is 15.0 Å². The summed E-state index contributed by atoms with van der Waals surface area (Å²) in [4.78, 5) is 20.1. The van der Waals surface area contributed by atoms with Crippen molar-refractivity contribution in [1.29, 1.82) is 0 Å². The molecular weight excluding hydrogens is 232 g/mol. The molecule has 2 heterocycles. The lowest BCUT2D eigenvalue weighted by atomic mass is 10.1. The molecule has 0 aliphatic carbocycles. The number of ketones is 1. The van der Waals surface area contributed by atoms with E-state index in [0.717, 1.165) is 0 Å². The summed E-state index contributed by atoms with van der Waals surface area (Å²) in [5.74, 6) is -1.06. The molecule has 2 N–H and O–H groups in total. The van der Waals surface area contributed by atoms with E-state index in [1.807, 2.05) is 0 Å². The number of aromatic hydroxyl groups is 2. The summed E-state index contributed by atoms with van der Waals surface area (Å²) < 4.78 is 0. The van der Waals surface area contributed by atoms with E-state index in [2.05, 4.69) is 9.97 Å². The van der Waals surface area contributed by atoms with Crippen molar-refractivity contribution in [3.8, 4) is 11.5 Å². The number of aryl methyl sites for hydroxylation is 2. The van der Waals surface area contributed by atoms with Gasteiger partial charge in [-0.2, -0.15) is 0 Å². The molecule has 0 saturated carbocycles. The van der Waals surface area contributed by atoms with E-state index in [-0.39, 0.29) is 22.9 Å². The molecule has 0 saturated heterocycles. The molecule has 0 spiro atoms.